The molecule has 1 aliphatic heterocycles. The number of rotatable bonds is 5. The number of hydrogen-bond acceptors (Lipinski definition) is 3. The van der Waals surface area contributed by atoms with Gasteiger partial charge in [-0.05, 0) is 50.4 Å². The van der Waals surface area contributed by atoms with Crippen LogP contribution in [0.15, 0.2) is 12.1 Å². The molecule has 0 bridgehead atoms. The summed E-state index contributed by atoms with van der Waals surface area (Å²) < 4.78 is 0. The van der Waals surface area contributed by atoms with Crippen LogP contribution in [-0.2, 0) is 6.54 Å². The molecule has 0 amide bonds. The molecule has 1 fully saturated rings. The van der Waals surface area contributed by atoms with Gasteiger partial charge in [0, 0.05) is 11.4 Å². The fraction of sp³-hybridized carbons (Fsp3) is 0.667. The Morgan fingerprint density at radius 3 is 2.95 bits per heavy atom. The maximum Gasteiger partial charge on any atom is 0.345 e. The summed E-state index contributed by atoms with van der Waals surface area (Å²) in [6, 6.07) is 3.68. The van der Waals surface area contributed by atoms with E-state index in [0.29, 0.717) is 4.88 Å². The van der Waals surface area contributed by atoms with E-state index in [1.165, 1.54) is 48.3 Å². The molecule has 1 atom stereocenters. The Morgan fingerprint density at radius 1 is 1.42 bits per heavy atom. The molecule has 1 saturated heterocycles. The highest BCUT2D eigenvalue weighted by atomic mass is 32.1. The molecule has 0 radical (unpaired) electrons. The Morgan fingerprint density at radius 2 is 2.26 bits per heavy atom. The Hall–Kier alpha value is -0.870. The molecule has 2 rings (SSSR count). The van der Waals surface area contributed by atoms with E-state index in [4.69, 9.17) is 5.11 Å². The zero-order valence-electron chi connectivity index (χ0n) is 11.6. The first-order valence-electron chi connectivity index (χ1n) is 7.23. The second-order valence-corrected chi connectivity index (χ2v) is 6.60. The van der Waals surface area contributed by atoms with Gasteiger partial charge in [-0.2, -0.15) is 0 Å². The fourth-order valence-corrected chi connectivity index (χ4v) is 3.77. The zero-order chi connectivity index (χ0) is 13.7. The molecule has 1 unspecified atom stereocenters. The topological polar surface area (TPSA) is 40.5 Å². The van der Waals surface area contributed by atoms with Gasteiger partial charge in [0.1, 0.15) is 4.88 Å². The zero-order valence-corrected chi connectivity index (χ0v) is 12.4. The van der Waals surface area contributed by atoms with E-state index >= 15 is 0 Å². The largest absolute Gasteiger partial charge is 0.477 e. The smallest absolute Gasteiger partial charge is 0.345 e. The number of hydrogen-bond donors (Lipinski definition) is 1. The molecule has 3 nitrogen and oxygen atoms in total. The van der Waals surface area contributed by atoms with Gasteiger partial charge in [0.25, 0.3) is 0 Å². The van der Waals surface area contributed by atoms with Gasteiger partial charge in [-0.15, -0.1) is 11.3 Å². The highest BCUT2D eigenvalue weighted by molar-refractivity contribution is 7.13. The average Bonchev–Trinajstić information content (AvgIpc) is 2.73. The summed E-state index contributed by atoms with van der Waals surface area (Å²) in [5.74, 6) is 0.0862. The van der Waals surface area contributed by atoms with Crippen molar-refractivity contribution in [3.8, 4) is 0 Å². The number of carboxylic acids is 1. The summed E-state index contributed by atoms with van der Waals surface area (Å²) in [5.41, 5.74) is 0. The van der Waals surface area contributed by atoms with Crippen LogP contribution in [0.4, 0.5) is 0 Å². The molecule has 19 heavy (non-hydrogen) atoms. The summed E-state index contributed by atoms with van der Waals surface area (Å²) in [4.78, 5) is 15.0. The van der Waals surface area contributed by atoms with Gasteiger partial charge in [0.2, 0.25) is 0 Å². The van der Waals surface area contributed by atoms with E-state index in [1.54, 1.807) is 6.07 Å². The highest BCUT2D eigenvalue weighted by Gasteiger charge is 2.17. The van der Waals surface area contributed by atoms with Crippen LogP contribution in [0.3, 0.4) is 0 Å². The SMILES string of the molecule is CCCC1CCCN(Cc2ccc(C(=O)O)s2)CC1. The van der Waals surface area contributed by atoms with Crippen molar-refractivity contribution >= 4 is 17.3 Å². The summed E-state index contributed by atoms with van der Waals surface area (Å²) >= 11 is 1.41. The van der Waals surface area contributed by atoms with Gasteiger partial charge in [-0.1, -0.05) is 19.8 Å². The van der Waals surface area contributed by atoms with Crippen molar-refractivity contribution in [3.05, 3.63) is 21.9 Å². The fourth-order valence-electron chi connectivity index (χ4n) is 2.88. The second-order valence-electron chi connectivity index (χ2n) is 5.43. The molecule has 0 aliphatic carbocycles. The van der Waals surface area contributed by atoms with Crippen LogP contribution < -0.4 is 0 Å². The first-order chi connectivity index (χ1) is 9.19. The molecule has 106 valence electrons. The van der Waals surface area contributed by atoms with Crippen molar-refractivity contribution < 1.29 is 9.90 Å². The van der Waals surface area contributed by atoms with Crippen molar-refractivity contribution in [1.82, 2.24) is 4.90 Å². The molecule has 0 spiro atoms. The Labute approximate surface area is 119 Å². The van der Waals surface area contributed by atoms with E-state index in [0.717, 1.165) is 25.6 Å². The Balaban J connectivity index is 1.86. The third-order valence-corrected chi connectivity index (χ3v) is 4.95. The molecule has 1 aromatic rings. The van der Waals surface area contributed by atoms with Gasteiger partial charge in [-0.25, -0.2) is 4.79 Å². The van der Waals surface area contributed by atoms with E-state index < -0.39 is 5.97 Å². The Bertz CT molecular complexity index is 416. The van der Waals surface area contributed by atoms with Gasteiger partial charge >= 0.3 is 5.97 Å². The van der Waals surface area contributed by atoms with Gasteiger partial charge in [0.15, 0.2) is 0 Å². The molecule has 0 saturated carbocycles. The number of thiophene rings is 1. The first kappa shape index (κ1) is 14.5. The number of aromatic carboxylic acids is 1. The minimum Gasteiger partial charge on any atom is -0.477 e. The summed E-state index contributed by atoms with van der Waals surface area (Å²) in [6.45, 7) is 5.49. The van der Waals surface area contributed by atoms with Crippen LogP contribution in [0.5, 0.6) is 0 Å². The average molecular weight is 281 g/mol. The van der Waals surface area contributed by atoms with Gasteiger partial charge < -0.3 is 5.11 Å². The van der Waals surface area contributed by atoms with Crippen molar-refractivity contribution in [1.29, 1.82) is 0 Å². The molecular weight excluding hydrogens is 258 g/mol. The predicted octanol–water partition coefficient (Wildman–Crippen LogP) is 3.85. The molecule has 1 N–H and O–H groups in total. The summed E-state index contributed by atoms with van der Waals surface area (Å²) in [5, 5.41) is 8.94. The maximum absolute atomic E-state index is 10.9. The molecule has 1 aromatic heterocycles. The van der Waals surface area contributed by atoms with Crippen molar-refractivity contribution in [2.75, 3.05) is 13.1 Å². The molecule has 2 heterocycles. The quantitative estimate of drug-likeness (QED) is 0.891. The summed E-state index contributed by atoms with van der Waals surface area (Å²) in [7, 11) is 0. The third-order valence-electron chi connectivity index (χ3n) is 3.89. The Kier molecular flexibility index (Phi) is 5.40. The number of carboxylic acid groups (broad SMARTS) is 1. The van der Waals surface area contributed by atoms with Gasteiger partial charge in [0.05, 0.1) is 0 Å². The predicted molar refractivity (Wildman–Crippen MR) is 78.8 cm³/mol. The lowest BCUT2D eigenvalue weighted by molar-refractivity contribution is 0.0702. The van der Waals surface area contributed by atoms with Crippen LogP contribution in [-0.4, -0.2) is 29.1 Å². The molecule has 1 aliphatic rings. The standard InChI is InChI=1S/C15H23NO2S/c1-2-4-12-5-3-9-16(10-8-12)11-13-6-7-14(19-13)15(17)18/h6-7,12H,2-5,8-11H2,1H3,(H,17,18). The van der Waals surface area contributed by atoms with Crippen molar-refractivity contribution in [3.63, 3.8) is 0 Å². The molecule has 0 aromatic carbocycles. The van der Waals surface area contributed by atoms with Crippen LogP contribution in [0, 0.1) is 5.92 Å². The van der Waals surface area contributed by atoms with Crippen molar-refractivity contribution in [2.45, 2.75) is 45.6 Å². The number of likely N-dealkylation sites (tertiary alicyclic amines) is 1. The lowest BCUT2D eigenvalue weighted by Crippen LogP contribution is -2.23. The van der Waals surface area contributed by atoms with E-state index in [-0.39, 0.29) is 0 Å². The van der Waals surface area contributed by atoms with Crippen LogP contribution in [0.1, 0.15) is 53.6 Å². The lowest BCUT2D eigenvalue weighted by atomic mass is 9.96. The van der Waals surface area contributed by atoms with E-state index in [1.807, 2.05) is 6.07 Å². The normalized spacial score (nSPS) is 21.2. The first-order valence-corrected chi connectivity index (χ1v) is 8.05. The summed E-state index contributed by atoms with van der Waals surface area (Å²) in [6.07, 6.45) is 6.58. The molecule has 4 heteroatoms. The van der Waals surface area contributed by atoms with E-state index in [9.17, 15) is 4.79 Å². The minimum absolute atomic E-state index is 0.452. The highest BCUT2D eigenvalue weighted by Crippen LogP contribution is 2.24. The van der Waals surface area contributed by atoms with E-state index in [2.05, 4.69) is 11.8 Å². The minimum atomic E-state index is -0.810. The number of carbonyl (C=O) groups is 1. The van der Waals surface area contributed by atoms with Gasteiger partial charge in [-0.3, -0.25) is 4.90 Å². The lowest BCUT2D eigenvalue weighted by Gasteiger charge is -2.19. The van der Waals surface area contributed by atoms with Crippen LogP contribution >= 0.6 is 11.3 Å². The maximum atomic E-state index is 10.9. The van der Waals surface area contributed by atoms with Crippen LogP contribution in [0.2, 0.25) is 0 Å². The molecular formula is C15H23NO2S. The second kappa shape index (κ2) is 7.06. The third kappa shape index (κ3) is 4.32. The monoisotopic (exact) mass is 281 g/mol. The van der Waals surface area contributed by atoms with Crippen molar-refractivity contribution in [2.24, 2.45) is 5.92 Å². The number of nitrogens with zero attached hydrogens (tertiary/aromatic N) is 1. The van der Waals surface area contributed by atoms with Crippen LogP contribution in [0.25, 0.3) is 0 Å².